The van der Waals surface area contributed by atoms with Crippen molar-refractivity contribution < 1.29 is 28.5 Å². The molecule has 5 heteroatoms. The fourth-order valence-corrected chi connectivity index (χ4v) is 9.14. The summed E-state index contributed by atoms with van der Waals surface area (Å²) in [4.78, 5) is 10.2. The molecule has 2 aromatic heterocycles. The van der Waals surface area contributed by atoms with Gasteiger partial charge >= 0.3 is 21.1 Å². The second-order valence-corrected chi connectivity index (χ2v) is 18.6. The smallest absolute Gasteiger partial charge is 0.508 e. The van der Waals surface area contributed by atoms with Crippen molar-refractivity contribution in [2.75, 3.05) is 0 Å². The van der Waals surface area contributed by atoms with Crippen LogP contribution in [0.1, 0.15) is 127 Å². The Morgan fingerprint density at radius 1 is 0.814 bits per heavy atom. The average molecular weight is 959 g/mol. The van der Waals surface area contributed by atoms with Gasteiger partial charge < -0.3 is 14.3 Å². The number of aryl methyl sites for hydroxylation is 2. The van der Waals surface area contributed by atoms with Crippen LogP contribution in [0.2, 0.25) is 0 Å². The number of fused-ring (bicyclic) bond motifs is 6. The zero-order valence-corrected chi connectivity index (χ0v) is 38.7. The molecule has 5 aromatic carbocycles. The number of nitrogens with zero attached hydrogens (tertiary/aromatic N) is 3. The Morgan fingerprint density at radius 2 is 1.54 bits per heavy atom. The number of rotatable bonds is 6. The van der Waals surface area contributed by atoms with Crippen LogP contribution in [-0.2, 0) is 43.2 Å². The molecular weight excluding hydrogens is 902 g/mol. The number of aliphatic imine (C=N–C) groups is 1. The number of benzene rings is 5. The number of pyridine rings is 1. The summed E-state index contributed by atoms with van der Waals surface area (Å²) in [6.07, 6.45) is 0.121. The Morgan fingerprint density at radius 3 is 2.24 bits per heavy atom. The van der Waals surface area contributed by atoms with Gasteiger partial charge in [0.15, 0.2) is 0 Å². The molecule has 2 aliphatic rings. The molecule has 1 aliphatic carbocycles. The molecule has 0 spiro atoms. The molecule has 0 N–H and O–H groups in total. The quantitative estimate of drug-likeness (QED) is 0.156. The van der Waals surface area contributed by atoms with Gasteiger partial charge in [0, 0.05) is 26.4 Å². The van der Waals surface area contributed by atoms with E-state index in [1.54, 1.807) is 0 Å². The Labute approximate surface area is 368 Å². The van der Waals surface area contributed by atoms with Crippen LogP contribution in [0.3, 0.4) is 0 Å². The van der Waals surface area contributed by atoms with E-state index in [1.807, 2.05) is 40.0 Å². The van der Waals surface area contributed by atoms with Crippen molar-refractivity contribution >= 4 is 27.7 Å². The van der Waals surface area contributed by atoms with Crippen molar-refractivity contribution in [3.63, 3.8) is 0 Å². The van der Waals surface area contributed by atoms with Gasteiger partial charge in [-0.15, -0.1) is 42.0 Å². The van der Waals surface area contributed by atoms with Gasteiger partial charge in [-0.05, 0) is 125 Å². The summed E-state index contributed by atoms with van der Waals surface area (Å²) in [7, 11) is 0. The fourth-order valence-electron chi connectivity index (χ4n) is 9.14. The standard InChI is InChI=1S/C54H55N3O.Pt/c1-31(2)41-14-13-15-42(32(3)4)50(41)37-25-38(51-56-53(11)30-45-35(7)34(6)17-20-46(45)54(53,12)58-51)27-40(26-37)57-48-21-16-33(5)24-44(48)43-19-18-36(28-49(43)57)47-29-39(22-23-55-47)52(8,9)10;/h13-26,29,31-32H,30H2,1-12H3;/q-2;+2/t53-,54+;/m1./s1/i30D2;. The van der Waals surface area contributed by atoms with E-state index in [9.17, 15) is 2.74 Å². The maximum Gasteiger partial charge on any atom is 2.00 e. The molecule has 2 atom stereocenters. The maximum absolute atomic E-state index is 9.68. The Balaban J connectivity index is 0.00000514. The van der Waals surface area contributed by atoms with Gasteiger partial charge in [0.2, 0.25) is 0 Å². The summed E-state index contributed by atoms with van der Waals surface area (Å²) in [6.45, 7) is 25.8. The van der Waals surface area contributed by atoms with Gasteiger partial charge in [0.25, 0.3) is 0 Å². The molecule has 302 valence electrons. The Hall–Kier alpha value is -4.79. The Bertz CT molecular complexity index is 2930. The number of hydrogen-bond acceptors (Lipinski definition) is 3. The molecule has 3 heterocycles. The van der Waals surface area contributed by atoms with Crippen LogP contribution >= 0.6 is 0 Å². The van der Waals surface area contributed by atoms with E-state index in [4.69, 9.17) is 14.7 Å². The molecule has 0 radical (unpaired) electrons. The molecule has 0 unspecified atom stereocenters. The summed E-state index contributed by atoms with van der Waals surface area (Å²) in [5, 5.41) is 2.23. The average Bonchev–Trinajstić information content (AvgIpc) is 3.72. The van der Waals surface area contributed by atoms with E-state index in [0.717, 1.165) is 61.0 Å². The van der Waals surface area contributed by atoms with E-state index in [2.05, 4.69) is 151 Å². The van der Waals surface area contributed by atoms with Gasteiger partial charge in [0.1, 0.15) is 11.5 Å². The molecule has 0 saturated heterocycles. The molecule has 0 bridgehead atoms. The van der Waals surface area contributed by atoms with Gasteiger partial charge in [-0.25, -0.2) is 0 Å². The second kappa shape index (κ2) is 14.4. The van der Waals surface area contributed by atoms with Crippen LogP contribution in [0, 0.1) is 32.9 Å². The number of hydrogen-bond donors (Lipinski definition) is 0. The van der Waals surface area contributed by atoms with Crippen molar-refractivity contribution in [3.05, 3.63) is 153 Å². The van der Waals surface area contributed by atoms with E-state index < -0.39 is 17.5 Å². The van der Waals surface area contributed by atoms with E-state index in [0.29, 0.717) is 17.0 Å². The predicted molar refractivity (Wildman–Crippen MR) is 242 cm³/mol. The second-order valence-electron chi connectivity index (χ2n) is 18.6. The molecule has 0 amide bonds. The fraction of sp³-hybridized carbons (Fsp3) is 0.333. The van der Waals surface area contributed by atoms with Crippen LogP contribution in [0.5, 0.6) is 0 Å². The van der Waals surface area contributed by atoms with Crippen LogP contribution in [-0.4, -0.2) is 21.0 Å². The summed E-state index contributed by atoms with van der Waals surface area (Å²) < 4.78 is 28.7. The summed E-state index contributed by atoms with van der Waals surface area (Å²) in [5.41, 5.74) is 13.7. The largest absolute Gasteiger partial charge is 2.00 e. The SMILES string of the molecule is [2H]C1([2H])c2c(ccc(C)c2C)[C@]2(C)OC(c3[c-]c(-n4c5[c-]c(-c6cc(C(C)(C)C)ccn6)ccc5c5cc(C)ccc54)cc(-c4c(C(C)C)cccc4C(C)C)c3)=N[C@]12C.[Pt+2]. The third kappa shape index (κ3) is 6.53. The van der Waals surface area contributed by atoms with Crippen molar-refractivity contribution in [2.45, 2.75) is 118 Å². The maximum atomic E-state index is 9.68. The molecule has 7 aromatic rings. The molecule has 0 saturated carbocycles. The summed E-state index contributed by atoms with van der Waals surface area (Å²) in [5.74, 6) is 0.936. The molecule has 59 heavy (non-hydrogen) atoms. The summed E-state index contributed by atoms with van der Waals surface area (Å²) >= 11 is 0. The summed E-state index contributed by atoms with van der Waals surface area (Å²) in [6, 6.07) is 38.1. The van der Waals surface area contributed by atoms with E-state index in [1.165, 1.54) is 27.8 Å². The topological polar surface area (TPSA) is 39.4 Å². The normalized spacial score (nSPS) is 20.0. The van der Waals surface area contributed by atoms with Crippen LogP contribution in [0.4, 0.5) is 0 Å². The predicted octanol–water partition coefficient (Wildman–Crippen LogP) is 13.6. The van der Waals surface area contributed by atoms with Gasteiger partial charge in [-0.1, -0.05) is 119 Å². The number of ether oxygens (including phenoxy) is 1. The zero-order chi connectivity index (χ0) is 42.8. The molecule has 0 fully saturated rings. The number of aromatic nitrogens is 2. The van der Waals surface area contributed by atoms with Crippen molar-refractivity contribution in [1.82, 2.24) is 9.55 Å². The van der Waals surface area contributed by atoms with Gasteiger partial charge in [0.05, 0.1) is 5.54 Å². The Kier molecular flexibility index (Phi) is 9.40. The van der Waals surface area contributed by atoms with E-state index >= 15 is 0 Å². The van der Waals surface area contributed by atoms with Crippen LogP contribution < -0.4 is 0 Å². The third-order valence-electron chi connectivity index (χ3n) is 12.9. The minimum atomic E-state index is -1.78. The first-order chi connectivity index (χ1) is 28.2. The first-order valence-corrected chi connectivity index (χ1v) is 20.8. The van der Waals surface area contributed by atoms with Gasteiger partial charge in [-0.2, -0.15) is 0 Å². The third-order valence-corrected chi connectivity index (χ3v) is 12.9. The first-order valence-electron chi connectivity index (χ1n) is 21.8. The van der Waals surface area contributed by atoms with Crippen LogP contribution in [0.25, 0.3) is 49.9 Å². The van der Waals surface area contributed by atoms with Gasteiger partial charge in [-0.3, -0.25) is 4.99 Å². The van der Waals surface area contributed by atoms with Crippen molar-refractivity contribution in [1.29, 1.82) is 0 Å². The first kappa shape index (κ1) is 38.4. The molecule has 1 aliphatic heterocycles. The van der Waals surface area contributed by atoms with E-state index in [-0.39, 0.29) is 38.3 Å². The van der Waals surface area contributed by atoms with Crippen molar-refractivity contribution in [2.24, 2.45) is 4.99 Å². The molecule has 9 rings (SSSR count). The minimum absolute atomic E-state index is 0. The molecular formula is C54H55N3OPt. The minimum Gasteiger partial charge on any atom is -0.508 e. The van der Waals surface area contributed by atoms with Crippen molar-refractivity contribution in [3.8, 4) is 28.1 Å². The zero-order valence-electron chi connectivity index (χ0n) is 38.4. The van der Waals surface area contributed by atoms with Crippen LogP contribution in [0.15, 0.2) is 96.1 Å². The molecule has 4 nitrogen and oxygen atoms in total. The monoisotopic (exact) mass is 958 g/mol.